The summed E-state index contributed by atoms with van der Waals surface area (Å²) in [6.45, 7) is 2.53. The van der Waals surface area contributed by atoms with Crippen LogP contribution in [0.1, 0.15) is 26.6 Å². The molecule has 0 radical (unpaired) electrons. The Bertz CT molecular complexity index is 685. The molecular formula is C16H18N2O3S2. The van der Waals surface area contributed by atoms with E-state index in [0.717, 1.165) is 10.8 Å². The van der Waals surface area contributed by atoms with Gasteiger partial charge >= 0.3 is 5.97 Å². The number of aromatic carboxylic acids is 1. The monoisotopic (exact) mass is 350 g/mol. The molecular weight excluding hydrogens is 332 g/mol. The number of nitrogens with one attached hydrogen (secondary N) is 1. The highest BCUT2D eigenvalue weighted by atomic mass is 32.2. The highest BCUT2D eigenvalue weighted by Crippen LogP contribution is 2.15. The molecule has 2 N–H and O–H groups in total. The largest absolute Gasteiger partial charge is 0.476 e. The minimum Gasteiger partial charge on any atom is -0.476 e. The van der Waals surface area contributed by atoms with E-state index in [1.54, 1.807) is 11.8 Å². The Hall–Kier alpha value is -1.86. The van der Waals surface area contributed by atoms with Crippen LogP contribution in [-0.4, -0.2) is 34.3 Å². The molecule has 0 saturated heterocycles. The lowest BCUT2D eigenvalue weighted by atomic mass is 10.1. The summed E-state index contributed by atoms with van der Waals surface area (Å²) in [5.41, 5.74) is 2.54. The molecule has 0 unspecified atom stereocenters. The molecule has 2 aromatic rings. The molecule has 1 aromatic carbocycles. The molecule has 1 amide bonds. The zero-order chi connectivity index (χ0) is 16.7. The SMILES string of the molecule is Cc1ccccc1CSCC(=O)NCCc1nc(C(=O)O)cs1. The second-order valence-electron chi connectivity index (χ2n) is 4.95. The van der Waals surface area contributed by atoms with E-state index in [2.05, 4.69) is 29.4 Å². The quantitative estimate of drug-likeness (QED) is 0.765. The van der Waals surface area contributed by atoms with Crippen molar-refractivity contribution in [3.63, 3.8) is 0 Å². The van der Waals surface area contributed by atoms with Gasteiger partial charge in [0.05, 0.1) is 10.8 Å². The summed E-state index contributed by atoms with van der Waals surface area (Å²) in [6.07, 6.45) is 0.548. The fourth-order valence-electron chi connectivity index (χ4n) is 1.91. The van der Waals surface area contributed by atoms with Crippen molar-refractivity contribution in [2.75, 3.05) is 12.3 Å². The smallest absolute Gasteiger partial charge is 0.355 e. The molecule has 0 atom stereocenters. The molecule has 0 aliphatic carbocycles. The predicted molar refractivity (Wildman–Crippen MR) is 93.1 cm³/mol. The maximum atomic E-state index is 11.8. The van der Waals surface area contributed by atoms with E-state index in [9.17, 15) is 9.59 Å². The van der Waals surface area contributed by atoms with Gasteiger partial charge in [-0.05, 0) is 18.1 Å². The number of hydrogen-bond donors (Lipinski definition) is 2. The van der Waals surface area contributed by atoms with Crippen molar-refractivity contribution in [2.24, 2.45) is 0 Å². The third-order valence-electron chi connectivity index (χ3n) is 3.18. The van der Waals surface area contributed by atoms with Crippen molar-refractivity contribution in [3.05, 3.63) is 51.5 Å². The molecule has 0 bridgehead atoms. The van der Waals surface area contributed by atoms with E-state index < -0.39 is 5.97 Å². The maximum absolute atomic E-state index is 11.8. The number of carboxylic acid groups (broad SMARTS) is 1. The number of carboxylic acids is 1. The van der Waals surface area contributed by atoms with Crippen LogP contribution in [0.4, 0.5) is 0 Å². The van der Waals surface area contributed by atoms with Crippen molar-refractivity contribution < 1.29 is 14.7 Å². The lowest BCUT2D eigenvalue weighted by molar-refractivity contribution is -0.118. The first-order valence-corrected chi connectivity index (χ1v) is 9.16. The van der Waals surface area contributed by atoms with Crippen LogP contribution in [-0.2, 0) is 17.0 Å². The van der Waals surface area contributed by atoms with Gasteiger partial charge in [-0.3, -0.25) is 4.79 Å². The number of thioether (sulfide) groups is 1. The standard InChI is InChI=1S/C16H18N2O3S2/c1-11-4-2-3-5-12(11)8-22-10-14(19)17-7-6-15-18-13(9-23-15)16(20)21/h2-5,9H,6-8,10H2,1H3,(H,17,19)(H,20,21). The van der Waals surface area contributed by atoms with Crippen molar-refractivity contribution in [1.82, 2.24) is 10.3 Å². The fraction of sp³-hybridized carbons (Fsp3) is 0.312. The van der Waals surface area contributed by atoms with E-state index in [-0.39, 0.29) is 11.6 Å². The van der Waals surface area contributed by atoms with Crippen LogP contribution in [0.25, 0.3) is 0 Å². The first-order valence-electron chi connectivity index (χ1n) is 7.13. The van der Waals surface area contributed by atoms with Gasteiger partial charge in [-0.2, -0.15) is 0 Å². The lowest BCUT2D eigenvalue weighted by Crippen LogP contribution is -2.27. The van der Waals surface area contributed by atoms with Gasteiger partial charge in [0.2, 0.25) is 5.91 Å². The molecule has 0 fully saturated rings. The van der Waals surface area contributed by atoms with Crippen LogP contribution >= 0.6 is 23.1 Å². The normalized spacial score (nSPS) is 10.5. The number of hydrogen-bond acceptors (Lipinski definition) is 5. The van der Waals surface area contributed by atoms with Gasteiger partial charge in [0, 0.05) is 24.1 Å². The molecule has 0 aliphatic rings. The van der Waals surface area contributed by atoms with Crippen LogP contribution in [0.2, 0.25) is 0 Å². The van der Waals surface area contributed by atoms with Crippen molar-refractivity contribution in [2.45, 2.75) is 19.1 Å². The molecule has 1 aromatic heterocycles. The lowest BCUT2D eigenvalue weighted by Gasteiger charge is -2.06. The number of amides is 1. The highest BCUT2D eigenvalue weighted by Gasteiger charge is 2.09. The number of thiazole rings is 1. The second kappa shape index (κ2) is 8.69. The van der Waals surface area contributed by atoms with E-state index in [4.69, 9.17) is 5.11 Å². The third kappa shape index (κ3) is 5.69. The average Bonchev–Trinajstić information content (AvgIpc) is 2.98. The van der Waals surface area contributed by atoms with Crippen LogP contribution in [0.3, 0.4) is 0 Å². The summed E-state index contributed by atoms with van der Waals surface area (Å²) in [6, 6.07) is 8.14. The van der Waals surface area contributed by atoms with E-state index in [0.29, 0.717) is 18.7 Å². The average molecular weight is 350 g/mol. The van der Waals surface area contributed by atoms with Crippen molar-refractivity contribution in [3.8, 4) is 0 Å². The minimum atomic E-state index is -1.02. The molecule has 2 rings (SSSR count). The summed E-state index contributed by atoms with van der Waals surface area (Å²) < 4.78 is 0. The Morgan fingerprint density at radius 3 is 2.83 bits per heavy atom. The molecule has 23 heavy (non-hydrogen) atoms. The minimum absolute atomic E-state index is 0.0152. The van der Waals surface area contributed by atoms with E-state index >= 15 is 0 Å². The predicted octanol–water partition coefficient (Wildman–Crippen LogP) is 2.74. The Labute approximate surface area is 143 Å². The van der Waals surface area contributed by atoms with Crippen LogP contribution in [0, 0.1) is 6.92 Å². The summed E-state index contributed by atoms with van der Waals surface area (Å²) >= 11 is 2.88. The molecule has 0 spiro atoms. The number of aromatic nitrogens is 1. The number of carbonyl (C=O) groups excluding carboxylic acids is 1. The third-order valence-corrected chi connectivity index (χ3v) is 5.07. The summed E-state index contributed by atoms with van der Waals surface area (Å²) in [5, 5.41) is 13.9. The Kier molecular flexibility index (Phi) is 6.61. The summed E-state index contributed by atoms with van der Waals surface area (Å²) in [4.78, 5) is 26.5. The van der Waals surface area contributed by atoms with Gasteiger partial charge in [0.15, 0.2) is 5.69 Å². The molecule has 122 valence electrons. The van der Waals surface area contributed by atoms with E-state index in [1.165, 1.54) is 27.8 Å². The zero-order valence-electron chi connectivity index (χ0n) is 12.7. The molecule has 5 nitrogen and oxygen atoms in total. The van der Waals surface area contributed by atoms with Crippen LogP contribution in [0.15, 0.2) is 29.6 Å². The number of benzene rings is 1. The van der Waals surface area contributed by atoms with Gasteiger partial charge in [-0.25, -0.2) is 9.78 Å². The van der Waals surface area contributed by atoms with Gasteiger partial charge in [-0.1, -0.05) is 24.3 Å². The Balaban J connectivity index is 1.65. The van der Waals surface area contributed by atoms with Gasteiger partial charge in [0.25, 0.3) is 0 Å². The topological polar surface area (TPSA) is 79.3 Å². The summed E-state index contributed by atoms with van der Waals surface area (Å²) in [7, 11) is 0. The Morgan fingerprint density at radius 1 is 1.35 bits per heavy atom. The molecule has 7 heteroatoms. The summed E-state index contributed by atoms with van der Waals surface area (Å²) in [5.74, 6) is 0.184. The second-order valence-corrected chi connectivity index (χ2v) is 6.88. The van der Waals surface area contributed by atoms with Gasteiger partial charge in [0.1, 0.15) is 0 Å². The zero-order valence-corrected chi connectivity index (χ0v) is 14.4. The van der Waals surface area contributed by atoms with Crippen molar-refractivity contribution >= 4 is 35.0 Å². The molecule has 0 saturated carbocycles. The first kappa shape index (κ1) is 17.5. The first-order chi connectivity index (χ1) is 11.1. The maximum Gasteiger partial charge on any atom is 0.355 e. The number of carbonyl (C=O) groups is 2. The van der Waals surface area contributed by atoms with E-state index in [1.807, 2.05) is 12.1 Å². The number of nitrogens with zero attached hydrogens (tertiary/aromatic N) is 1. The van der Waals surface area contributed by atoms with Crippen molar-refractivity contribution in [1.29, 1.82) is 0 Å². The number of aryl methyl sites for hydroxylation is 1. The Morgan fingerprint density at radius 2 is 2.13 bits per heavy atom. The van der Waals surface area contributed by atoms with Gasteiger partial charge in [-0.15, -0.1) is 23.1 Å². The fourth-order valence-corrected chi connectivity index (χ4v) is 3.62. The highest BCUT2D eigenvalue weighted by molar-refractivity contribution is 7.99. The molecule has 1 heterocycles. The van der Waals surface area contributed by atoms with Gasteiger partial charge < -0.3 is 10.4 Å². The number of rotatable bonds is 8. The van der Waals surface area contributed by atoms with Crippen LogP contribution in [0.5, 0.6) is 0 Å². The molecule has 0 aliphatic heterocycles. The van der Waals surface area contributed by atoms with Crippen LogP contribution < -0.4 is 5.32 Å².